The molecule has 2 rings (SSSR count). The van der Waals surface area contributed by atoms with Crippen LogP contribution in [0.2, 0.25) is 0 Å². The lowest BCUT2D eigenvalue weighted by molar-refractivity contribution is 0.601. The largest absolute Gasteiger partial charge is 0.399 e. The molecule has 106 valence electrons. The summed E-state index contributed by atoms with van der Waals surface area (Å²) in [5.74, 6) is 0. The van der Waals surface area contributed by atoms with Gasteiger partial charge in [0, 0.05) is 10.2 Å². The first-order chi connectivity index (χ1) is 9.28. The van der Waals surface area contributed by atoms with Crippen LogP contribution in [0.3, 0.4) is 0 Å². The molecule has 2 aromatic rings. The standard InChI is InChI=1S/C14H15BrN2O2S/c1-9-5-11(15)8-12(6-9)17-20(18,19)13-3-4-14(16)10(2)7-13/h3-8,17H,16H2,1-2H3. The van der Waals surface area contributed by atoms with Gasteiger partial charge in [-0.05, 0) is 61.4 Å². The number of hydrogen-bond donors (Lipinski definition) is 2. The Bertz CT molecular complexity index is 738. The Morgan fingerprint density at radius 2 is 1.80 bits per heavy atom. The lowest BCUT2D eigenvalue weighted by Gasteiger charge is -2.10. The van der Waals surface area contributed by atoms with Gasteiger partial charge in [0.15, 0.2) is 0 Å². The molecule has 0 bridgehead atoms. The molecule has 0 aliphatic carbocycles. The molecular weight excluding hydrogens is 340 g/mol. The first-order valence-electron chi connectivity index (χ1n) is 5.94. The zero-order valence-electron chi connectivity index (χ0n) is 11.1. The van der Waals surface area contributed by atoms with Crippen molar-refractivity contribution in [1.29, 1.82) is 0 Å². The Balaban J connectivity index is 2.37. The maximum atomic E-state index is 12.3. The van der Waals surface area contributed by atoms with Gasteiger partial charge in [-0.25, -0.2) is 8.42 Å². The van der Waals surface area contributed by atoms with Gasteiger partial charge < -0.3 is 5.73 Å². The van der Waals surface area contributed by atoms with Crippen LogP contribution < -0.4 is 10.5 Å². The van der Waals surface area contributed by atoms with Crippen molar-refractivity contribution < 1.29 is 8.42 Å². The topological polar surface area (TPSA) is 72.2 Å². The predicted molar refractivity (Wildman–Crippen MR) is 85.3 cm³/mol. The fraction of sp³-hybridized carbons (Fsp3) is 0.143. The predicted octanol–water partition coefficient (Wildman–Crippen LogP) is 3.45. The fourth-order valence-electron chi connectivity index (χ4n) is 1.82. The van der Waals surface area contributed by atoms with Gasteiger partial charge in [-0.2, -0.15) is 0 Å². The van der Waals surface area contributed by atoms with Crippen LogP contribution in [0.25, 0.3) is 0 Å². The van der Waals surface area contributed by atoms with Crippen LogP contribution >= 0.6 is 15.9 Å². The molecule has 0 spiro atoms. The Hall–Kier alpha value is -1.53. The molecule has 2 aromatic carbocycles. The summed E-state index contributed by atoms with van der Waals surface area (Å²) in [6, 6.07) is 10.0. The van der Waals surface area contributed by atoms with Crippen molar-refractivity contribution in [3.8, 4) is 0 Å². The number of nitrogen functional groups attached to an aromatic ring is 1. The van der Waals surface area contributed by atoms with Gasteiger partial charge in [0.1, 0.15) is 0 Å². The van der Waals surface area contributed by atoms with E-state index in [1.807, 2.05) is 13.0 Å². The molecule has 4 nitrogen and oxygen atoms in total. The van der Waals surface area contributed by atoms with E-state index < -0.39 is 10.0 Å². The van der Waals surface area contributed by atoms with E-state index in [1.165, 1.54) is 6.07 Å². The normalized spacial score (nSPS) is 11.3. The summed E-state index contributed by atoms with van der Waals surface area (Å²) < 4.78 is 28.0. The number of anilines is 2. The van der Waals surface area contributed by atoms with E-state index in [9.17, 15) is 8.42 Å². The second-order valence-electron chi connectivity index (χ2n) is 4.64. The smallest absolute Gasteiger partial charge is 0.261 e. The van der Waals surface area contributed by atoms with Crippen molar-refractivity contribution in [1.82, 2.24) is 0 Å². The molecule has 0 aromatic heterocycles. The Morgan fingerprint density at radius 3 is 2.40 bits per heavy atom. The van der Waals surface area contributed by atoms with Crippen molar-refractivity contribution in [3.63, 3.8) is 0 Å². The molecule has 3 N–H and O–H groups in total. The van der Waals surface area contributed by atoms with Crippen LogP contribution in [-0.4, -0.2) is 8.42 Å². The summed E-state index contributed by atoms with van der Waals surface area (Å²) >= 11 is 3.35. The second kappa shape index (κ2) is 5.46. The van der Waals surface area contributed by atoms with Crippen molar-refractivity contribution in [2.75, 3.05) is 10.5 Å². The van der Waals surface area contributed by atoms with Crippen LogP contribution in [-0.2, 0) is 10.0 Å². The summed E-state index contributed by atoms with van der Waals surface area (Å²) in [6.07, 6.45) is 0. The van der Waals surface area contributed by atoms with Crippen molar-refractivity contribution >= 4 is 37.3 Å². The molecule has 0 amide bonds. The number of nitrogens with two attached hydrogens (primary N) is 1. The van der Waals surface area contributed by atoms with E-state index in [-0.39, 0.29) is 4.90 Å². The SMILES string of the molecule is Cc1cc(Br)cc(NS(=O)(=O)c2ccc(N)c(C)c2)c1. The summed E-state index contributed by atoms with van der Waals surface area (Å²) in [7, 11) is -3.61. The lowest BCUT2D eigenvalue weighted by Crippen LogP contribution is -2.13. The first-order valence-corrected chi connectivity index (χ1v) is 8.22. The number of sulfonamides is 1. The van der Waals surface area contributed by atoms with E-state index in [2.05, 4.69) is 20.7 Å². The minimum Gasteiger partial charge on any atom is -0.399 e. The molecule has 0 aliphatic rings. The molecular formula is C14H15BrN2O2S. The average Bonchev–Trinajstić information content (AvgIpc) is 2.30. The van der Waals surface area contributed by atoms with Gasteiger partial charge >= 0.3 is 0 Å². The third-order valence-electron chi connectivity index (χ3n) is 2.85. The van der Waals surface area contributed by atoms with E-state index in [0.717, 1.165) is 15.6 Å². The van der Waals surface area contributed by atoms with Gasteiger partial charge in [-0.1, -0.05) is 15.9 Å². The molecule has 0 unspecified atom stereocenters. The van der Waals surface area contributed by atoms with Gasteiger partial charge in [-0.3, -0.25) is 4.72 Å². The molecule has 0 heterocycles. The summed E-state index contributed by atoms with van der Waals surface area (Å²) in [5.41, 5.74) is 8.49. The van der Waals surface area contributed by atoms with Gasteiger partial charge in [0.25, 0.3) is 10.0 Å². The monoisotopic (exact) mass is 354 g/mol. The van der Waals surface area contributed by atoms with Gasteiger partial charge in [0.2, 0.25) is 0 Å². The highest BCUT2D eigenvalue weighted by atomic mass is 79.9. The van der Waals surface area contributed by atoms with E-state index in [4.69, 9.17) is 5.73 Å². The molecule has 0 aliphatic heterocycles. The molecule has 0 fully saturated rings. The first kappa shape index (κ1) is 14.9. The summed E-state index contributed by atoms with van der Waals surface area (Å²) in [6.45, 7) is 3.67. The summed E-state index contributed by atoms with van der Waals surface area (Å²) in [5, 5.41) is 0. The average molecular weight is 355 g/mol. The molecule has 0 atom stereocenters. The quantitative estimate of drug-likeness (QED) is 0.829. The van der Waals surface area contributed by atoms with Crippen LogP contribution in [0.5, 0.6) is 0 Å². The zero-order valence-corrected chi connectivity index (χ0v) is 13.5. The minimum atomic E-state index is -3.61. The summed E-state index contributed by atoms with van der Waals surface area (Å²) in [4.78, 5) is 0.196. The zero-order chi connectivity index (χ0) is 14.9. The highest BCUT2D eigenvalue weighted by molar-refractivity contribution is 9.10. The Labute approximate surface area is 127 Å². The third-order valence-corrected chi connectivity index (χ3v) is 4.68. The molecule has 6 heteroatoms. The lowest BCUT2D eigenvalue weighted by atomic mass is 10.2. The Morgan fingerprint density at radius 1 is 1.10 bits per heavy atom. The molecule has 20 heavy (non-hydrogen) atoms. The number of nitrogens with one attached hydrogen (secondary N) is 1. The number of aryl methyl sites for hydroxylation is 2. The maximum absolute atomic E-state index is 12.3. The van der Waals surface area contributed by atoms with Crippen LogP contribution in [0.15, 0.2) is 45.8 Å². The number of rotatable bonds is 3. The van der Waals surface area contributed by atoms with Crippen LogP contribution in [0.1, 0.15) is 11.1 Å². The van der Waals surface area contributed by atoms with E-state index >= 15 is 0 Å². The van der Waals surface area contributed by atoms with Gasteiger partial charge in [0.05, 0.1) is 10.6 Å². The Kier molecular flexibility index (Phi) is 4.06. The number of halogens is 1. The van der Waals surface area contributed by atoms with Crippen molar-refractivity contribution in [2.24, 2.45) is 0 Å². The minimum absolute atomic E-state index is 0.196. The highest BCUT2D eigenvalue weighted by Gasteiger charge is 2.15. The molecule has 0 saturated carbocycles. The van der Waals surface area contributed by atoms with E-state index in [0.29, 0.717) is 11.4 Å². The number of hydrogen-bond acceptors (Lipinski definition) is 3. The van der Waals surface area contributed by atoms with Gasteiger partial charge in [-0.15, -0.1) is 0 Å². The fourth-order valence-corrected chi connectivity index (χ4v) is 3.56. The third kappa shape index (κ3) is 3.32. The van der Waals surface area contributed by atoms with Crippen molar-refractivity contribution in [2.45, 2.75) is 18.7 Å². The van der Waals surface area contributed by atoms with Crippen LogP contribution in [0, 0.1) is 13.8 Å². The van der Waals surface area contributed by atoms with E-state index in [1.54, 1.807) is 31.2 Å². The second-order valence-corrected chi connectivity index (χ2v) is 7.24. The van der Waals surface area contributed by atoms with Crippen molar-refractivity contribution in [3.05, 3.63) is 52.0 Å². The highest BCUT2D eigenvalue weighted by Crippen LogP contribution is 2.23. The van der Waals surface area contributed by atoms with Crippen LogP contribution in [0.4, 0.5) is 11.4 Å². The number of benzene rings is 2. The molecule has 0 radical (unpaired) electrons. The molecule has 0 saturated heterocycles. The maximum Gasteiger partial charge on any atom is 0.261 e.